The second-order valence-electron chi connectivity index (χ2n) is 4.91. The first-order chi connectivity index (χ1) is 10.1. The summed E-state index contributed by atoms with van der Waals surface area (Å²) in [5.41, 5.74) is 13.2. The highest BCUT2D eigenvalue weighted by atomic mass is 16.1. The van der Waals surface area contributed by atoms with Crippen LogP contribution >= 0.6 is 0 Å². The van der Waals surface area contributed by atoms with Crippen LogP contribution in [0.3, 0.4) is 0 Å². The Morgan fingerprint density at radius 3 is 2.52 bits per heavy atom. The molecule has 2 aromatic rings. The summed E-state index contributed by atoms with van der Waals surface area (Å²) in [6, 6.07) is 13.1. The molecule has 1 aromatic heterocycles. The molecule has 1 aromatic carbocycles. The minimum atomic E-state index is -0.513. The number of nitrogens with zero attached hydrogens (tertiary/aromatic N) is 2. The highest BCUT2D eigenvalue weighted by molar-refractivity contribution is 5.91. The molecule has 21 heavy (non-hydrogen) atoms. The predicted octanol–water partition coefficient (Wildman–Crippen LogP) is 2.18. The van der Waals surface area contributed by atoms with Crippen molar-refractivity contribution in [2.45, 2.75) is 19.9 Å². The molecular weight excluding hydrogens is 264 g/mol. The van der Waals surface area contributed by atoms with Crippen LogP contribution in [0.2, 0.25) is 0 Å². The predicted molar refractivity (Wildman–Crippen MR) is 85.0 cm³/mol. The van der Waals surface area contributed by atoms with Gasteiger partial charge in [-0.05, 0) is 36.2 Å². The second-order valence-corrected chi connectivity index (χ2v) is 4.91. The average molecular weight is 284 g/mol. The van der Waals surface area contributed by atoms with Crippen LogP contribution in [-0.4, -0.2) is 17.4 Å². The van der Waals surface area contributed by atoms with E-state index < -0.39 is 5.91 Å². The summed E-state index contributed by atoms with van der Waals surface area (Å²) >= 11 is 0. The number of hydrogen-bond acceptors (Lipinski definition) is 4. The van der Waals surface area contributed by atoms with Crippen LogP contribution in [0.25, 0.3) is 0 Å². The number of carbonyl (C=O) groups is 1. The molecule has 4 N–H and O–H groups in total. The maximum atomic E-state index is 11.3. The molecule has 0 saturated carbocycles. The smallest absolute Gasteiger partial charge is 0.267 e. The minimum Gasteiger partial charge on any atom is -0.399 e. The Morgan fingerprint density at radius 1 is 1.19 bits per heavy atom. The molecule has 0 aliphatic carbocycles. The van der Waals surface area contributed by atoms with Crippen LogP contribution in [0.15, 0.2) is 42.5 Å². The summed E-state index contributed by atoms with van der Waals surface area (Å²) in [5, 5.41) is 0. The molecule has 0 unspecified atom stereocenters. The van der Waals surface area contributed by atoms with Gasteiger partial charge < -0.3 is 16.4 Å². The van der Waals surface area contributed by atoms with Gasteiger partial charge in [0.25, 0.3) is 5.91 Å². The lowest BCUT2D eigenvalue weighted by atomic mass is 10.2. The van der Waals surface area contributed by atoms with E-state index in [1.54, 1.807) is 12.1 Å². The van der Waals surface area contributed by atoms with Gasteiger partial charge in [0.2, 0.25) is 0 Å². The number of carbonyl (C=O) groups excluding carboxylic acids is 1. The summed E-state index contributed by atoms with van der Waals surface area (Å²) in [6.45, 7) is 3.66. The van der Waals surface area contributed by atoms with E-state index in [4.69, 9.17) is 11.5 Å². The highest BCUT2D eigenvalue weighted by Gasteiger charge is 2.10. The first kappa shape index (κ1) is 14.8. The fourth-order valence-electron chi connectivity index (χ4n) is 2.12. The average Bonchev–Trinajstić information content (AvgIpc) is 2.49. The molecular formula is C16H20N4O. The molecule has 1 amide bonds. The van der Waals surface area contributed by atoms with Gasteiger partial charge in [-0.2, -0.15) is 0 Å². The van der Waals surface area contributed by atoms with E-state index in [-0.39, 0.29) is 5.69 Å². The summed E-state index contributed by atoms with van der Waals surface area (Å²) in [6.07, 6.45) is 0.984. The standard InChI is InChI=1S/C16H20N4O/c1-2-10-20(11-12-6-8-13(17)9-7-12)15-5-3-4-14(19-15)16(18)21/h3-9H,2,10-11,17H2,1H3,(H2,18,21). The zero-order valence-electron chi connectivity index (χ0n) is 12.1. The van der Waals surface area contributed by atoms with Gasteiger partial charge >= 0.3 is 0 Å². The van der Waals surface area contributed by atoms with E-state index in [9.17, 15) is 4.79 Å². The van der Waals surface area contributed by atoms with Crippen LogP contribution in [0.5, 0.6) is 0 Å². The van der Waals surface area contributed by atoms with Crippen LogP contribution in [0, 0.1) is 0 Å². The van der Waals surface area contributed by atoms with Crippen LogP contribution in [0.4, 0.5) is 11.5 Å². The summed E-state index contributed by atoms with van der Waals surface area (Å²) in [5.74, 6) is 0.241. The third kappa shape index (κ3) is 3.95. The SMILES string of the molecule is CCCN(Cc1ccc(N)cc1)c1cccc(C(N)=O)n1. The van der Waals surface area contributed by atoms with Crippen molar-refractivity contribution in [1.82, 2.24) is 4.98 Å². The van der Waals surface area contributed by atoms with Gasteiger partial charge in [0, 0.05) is 18.8 Å². The van der Waals surface area contributed by atoms with Crippen LogP contribution in [-0.2, 0) is 6.54 Å². The first-order valence-corrected chi connectivity index (χ1v) is 6.96. The van der Waals surface area contributed by atoms with Gasteiger partial charge in [0.1, 0.15) is 11.5 Å². The summed E-state index contributed by atoms with van der Waals surface area (Å²) < 4.78 is 0. The molecule has 2 rings (SSSR count). The lowest BCUT2D eigenvalue weighted by molar-refractivity contribution is 0.0995. The molecule has 1 heterocycles. The maximum absolute atomic E-state index is 11.3. The maximum Gasteiger partial charge on any atom is 0.267 e. The van der Waals surface area contributed by atoms with E-state index in [0.29, 0.717) is 6.54 Å². The van der Waals surface area contributed by atoms with Crippen molar-refractivity contribution in [1.29, 1.82) is 0 Å². The number of nitrogens with two attached hydrogens (primary N) is 2. The molecule has 0 spiro atoms. The van der Waals surface area contributed by atoms with Gasteiger partial charge in [0.15, 0.2) is 0 Å². The Labute approximate surface area is 124 Å². The Bertz CT molecular complexity index is 610. The highest BCUT2D eigenvalue weighted by Crippen LogP contribution is 2.16. The van der Waals surface area contributed by atoms with Crippen LogP contribution < -0.4 is 16.4 Å². The third-order valence-corrected chi connectivity index (χ3v) is 3.16. The quantitative estimate of drug-likeness (QED) is 0.796. The lowest BCUT2D eigenvalue weighted by Gasteiger charge is -2.23. The van der Waals surface area contributed by atoms with E-state index in [0.717, 1.165) is 30.0 Å². The molecule has 0 bridgehead atoms. The lowest BCUT2D eigenvalue weighted by Crippen LogP contribution is -2.25. The molecule has 0 radical (unpaired) electrons. The number of rotatable bonds is 6. The Morgan fingerprint density at radius 2 is 1.90 bits per heavy atom. The zero-order chi connectivity index (χ0) is 15.2. The minimum absolute atomic E-state index is 0.283. The van der Waals surface area contributed by atoms with Gasteiger partial charge in [0.05, 0.1) is 0 Å². The van der Waals surface area contributed by atoms with Crippen molar-refractivity contribution >= 4 is 17.4 Å². The summed E-state index contributed by atoms with van der Waals surface area (Å²) in [4.78, 5) is 17.7. The fourth-order valence-corrected chi connectivity index (χ4v) is 2.12. The number of primary amides is 1. The number of nitrogen functional groups attached to an aromatic ring is 1. The third-order valence-electron chi connectivity index (χ3n) is 3.16. The van der Waals surface area contributed by atoms with Gasteiger partial charge in [-0.15, -0.1) is 0 Å². The number of anilines is 2. The number of pyridine rings is 1. The number of amides is 1. The topological polar surface area (TPSA) is 85.2 Å². The van der Waals surface area contributed by atoms with E-state index >= 15 is 0 Å². The number of benzene rings is 1. The summed E-state index contributed by atoms with van der Waals surface area (Å²) in [7, 11) is 0. The first-order valence-electron chi connectivity index (χ1n) is 6.96. The second kappa shape index (κ2) is 6.74. The van der Waals surface area contributed by atoms with Crippen LogP contribution in [0.1, 0.15) is 29.4 Å². The van der Waals surface area contributed by atoms with Crippen molar-refractivity contribution in [3.63, 3.8) is 0 Å². The zero-order valence-corrected chi connectivity index (χ0v) is 12.1. The van der Waals surface area contributed by atoms with E-state index in [1.807, 2.05) is 30.3 Å². The molecule has 0 aliphatic heterocycles. The normalized spacial score (nSPS) is 10.3. The molecule has 110 valence electrons. The van der Waals surface area contributed by atoms with E-state index in [2.05, 4.69) is 16.8 Å². The van der Waals surface area contributed by atoms with Crippen molar-refractivity contribution in [3.8, 4) is 0 Å². The molecule has 0 aliphatic rings. The monoisotopic (exact) mass is 284 g/mol. The fraction of sp³-hybridized carbons (Fsp3) is 0.250. The van der Waals surface area contributed by atoms with Gasteiger partial charge in [-0.25, -0.2) is 4.98 Å². The van der Waals surface area contributed by atoms with Crippen molar-refractivity contribution in [3.05, 3.63) is 53.7 Å². The molecule has 5 heteroatoms. The number of aromatic nitrogens is 1. The van der Waals surface area contributed by atoms with Gasteiger partial charge in [-0.1, -0.05) is 25.1 Å². The van der Waals surface area contributed by atoms with Crippen molar-refractivity contribution in [2.75, 3.05) is 17.2 Å². The number of hydrogen-bond donors (Lipinski definition) is 2. The van der Waals surface area contributed by atoms with Crippen molar-refractivity contribution in [2.24, 2.45) is 5.73 Å². The van der Waals surface area contributed by atoms with Crippen molar-refractivity contribution < 1.29 is 4.79 Å². The molecule has 0 saturated heterocycles. The molecule has 5 nitrogen and oxygen atoms in total. The Hall–Kier alpha value is -2.56. The Balaban J connectivity index is 2.23. The molecule has 0 fully saturated rings. The van der Waals surface area contributed by atoms with E-state index in [1.165, 1.54) is 0 Å². The largest absolute Gasteiger partial charge is 0.399 e. The Kier molecular flexibility index (Phi) is 4.77. The van der Waals surface area contributed by atoms with Gasteiger partial charge in [-0.3, -0.25) is 4.79 Å². The molecule has 0 atom stereocenters.